The molecule has 2 aromatic rings. The van der Waals surface area contributed by atoms with Crippen LogP contribution in [0.2, 0.25) is 5.02 Å². The number of nitrogens with one attached hydrogen (secondary N) is 1. The highest BCUT2D eigenvalue weighted by Gasteiger charge is 2.10. The molecule has 138 valence electrons. The third kappa shape index (κ3) is 5.06. The number of rotatable bonds is 6. The van der Waals surface area contributed by atoms with Crippen molar-refractivity contribution in [1.82, 2.24) is 5.48 Å². The van der Waals surface area contributed by atoms with Crippen LogP contribution >= 0.6 is 11.6 Å². The number of methoxy groups -OCH3 is 1. The summed E-state index contributed by atoms with van der Waals surface area (Å²) in [6, 6.07) is 8.20. The van der Waals surface area contributed by atoms with Crippen LogP contribution in [0.15, 0.2) is 41.6 Å². The molecule has 0 atom stereocenters. The lowest BCUT2D eigenvalue weighted by atomic mass is 10.1. The molecule has 1 amide bonds. The molecular weight excluding hydrogens is 370 g/mol. The van der Waals surface area contributed by atoms with E-state index < -0.39 is 17.7 Å². The van der Waals surface area contributed by atoms with Gasteiger partial charge in [0.15, 0.2) is 5.75 Å². The van der Waals surface area contributed by atoms with Gasteiger partial charge in [-0.3, -0.25) is 0 Å². The Hall–Kier alpha value is -2.87. The molecule has 0 unspecified atom stereocenters. The molecule has 0 bridgehead atoms. The molecule has 0 saturated carbocycles. The lowest BCUT2D eigenvalue weighted by molar-refractivity contribution is 0.118. The molecule has 0 aliphatic carbocycles. The third-order valence-corrected chi connectivity index (χ3v) is 3.56. The fourth-order valence-corrected chi connectivity index (χ4v) is 2.02. The smallest absolute Gasteiger partial charge is 0.440 e. The monoisotopic (exact) mass is 384 g/mol. The highest BCUT2D eigenvalue weighted by molar-refractivity contribution is 6.32. The average molecular weight is 385 g/mol. The zero-order valence-electron chi connectivity index (χ0n) is 13.9. The summed E-state index contributed by atoms with van der Waals surface area (Å²) < 4.78 is 31.4. The largest absolute Gasteiger partial charge is 0.451 e. The molecule has 2 rings (SSSR count). The number of carbonyl (C=O) groups is 1. The van der Waals surface area contributed by atoms with Crippen molar-refractivity contribution in [3.8, 4) is 5.75 Å². The standard InChI is InChI=1S/C17H15ClF2N2O4/c1-10(21-25-9-12-14(19)4-3-5-15(12)20)11-6-7-13(18)16(8-11)26-22-17(23)24-2/h3-8H,9H2,1-2H3,(H,22,23). The lowest BCUT2D eigenvalue weighted by Gasteiger charge is -2.09. The molecule has 0 radical (unpaired) electrons. The summed E-state index contributed by atoms with van der Waals surface area (Å²) in [4.78, 5) is 21.1. The fourth-order valence-electron chi connectivity index (χ4n) is 1.86. The van der Waals surface area contributed by atoms with Gasteiger partial charge in [0.1, 0.15) is 18.2 Å². The second kappa shape index (κ2) is 9.00. The van der Waals surface area contributed by atoms with Crippen molar-refractivity contribution in [2.45, 2.75) is 13.5 Å². The van der Waals surface area contributed by atoms with Crippen molar-refractivity contribution in [2.75, 3.05) is 7.11 Å². The molecule has 6 nitrogen and oxygen atoms in total. The van der Waals surface area contributed by atoms with Gasteiger partial charge in [-0.1, -0.05) is 28.9 Å². The first-order chi connectivity index (χ1) is 12.4. The van der Waals surface area contributed by atoms with Gasteiger partial charge in [-0.2, -0.15) is 5.48 Å². The molecule has 2 aromatic carbocycles. The van der Waals surface area contributed by atoms with Gasteiger partial charge >= 0.3 is 6.09 Å². The summed E-state index contributed by atoms with van der Waals surface area (Å²) in [6.07, 6.45) is -0.799. The first kappa shape index (κ1) is 19.5. The normalized spacial score (nSPS) is 11.0. The van der Waals surface area contributed by atoms with E-state index >= 15 is 0 Å². The minimum atomic E-state index is -0.799. The Morgan fingerprint density at radius 2 is 1.92 bits per heavy atom. The van der Waals surface area contributed by atoms with E-state index in [2.05, 4.69) is 9.89 Å². The third-order valence-electron chi connectivity index (χ3n) is 3.25. The minimum absolute atomic E-state index is 0.157. The van der Waals surface area contributed by atoms with Crippen molar-refractivity contribution in [3.63, 3.8) is 0 Å². The number of hydrogen-bond donors (Lipinski definition) is 1. The van der Waals surface area contributed by atoms with Crippen LogP contribution in [0, 0.1) is 11.6 Å². The van der Waals surface area contributed by atoms with Gasteiger partial charge < -0.3 is 14.4 Å². The topological polar surface area (TPSA) is 69.2 Å². The van der Waals surface area contributed by atoms with Gasteiger partial charge in [0, 0.05) is 5.56 Å². The van der Waals surface area contributed by atoms with E-state index in [4.69, 9.17) is 21.3 Å². The zero-order valence-corrected chi connectivity index (χ0v) is 14.6. The van der Waals surface area contributed by atoms with Gasteiger partial charge in [-0.05, 0) is 31.2 Å². The van der Waals surface area contributed by atoms with Gasteiger partial charge in [0.2, 0.25) is 0 Å². The molecular formula is C17H15ClF2N2O4. The van der Waals surface area contributed by atoms with Gasteiger partial charge in [-0.25, -0.2) is 13.6 Å². The Morgan fingerprint density at radius 1 is 1.23 bits per heavy atom. The summed E-state index contributed by atoms with van der Waals surface area (Å²) in [6.45, 7) is 1.26. The van der Waals surface area contributed by atoms with E-state index in [1.54, 1.807) is 13.0 Å². The molecule has 0 saturated heterocycles. The Bertz CT molecular complexity index is 810. The van der Waals surface area contributed by atoms with E-state index in [0.29, 0.717) is 11.3 Å². The van der Waals surface area contributed by atoms with E-state index in [0.717, 1.165) is 12.1 Å². The number of benzene rings is 2. The van der Waals surface area contributed by atoms with E-state index in [1.807, 2.05) is 5.48 Å². The summed E-state index contributed by atoms with van der Waals surface area (Å²) in [7, 11) is 1.18. The molecule has 1 N–H and O–H groups in total. The van der Waals surface area contributed by atoms with Crippen LogP contribution in [0.4, 0.5) is 13.6 Å². The molecule has 26 heavy (non-hydrogen) atoms. The molecule has 0 aliphatic rings. The Balaban J connectivity index is 2.07. The summed E-state index contributed by atoms with van der Waals surface area (Å²) in [5, 5.41) is 4.07. The number of halogens is 3. The molecule has 0 aliphatic heterocycles. The maximum atomic E-state index is 13.5. The van der Waals surface area contributed by atoms with Crippen LogP contribution < -0.4 is 10.3 Å². The maximum Gasteiger partial charge on any atom is 0.440 e. The van der Waals surface area contributed by atoms with Crippen LogP contribution in [0.25, 0.3) is 0 Å². The van der Waals surface area contributed by atoms with Crippen molar-refractivity contribution in [2.24, 2.45) is 5.16 Å². The number of nitrogens with zero attached hydrogens (tertiary/aromatic N) is 1. The first-order valence-corrected chi connectivity index (χ1v) is 7.70. The average Bonchev–Trinajstić information content (AvgIpc) is 2.63. The van der Waals surface area contributed by atoms with Crippen LogP contribution in [0.1, 0.15) is 18.1 Å². The molecule has 0 heterocycles. The summed E-state index contributed by atoms with van der Waals surface area (Å²) in [5.74, 6) is -1.27. The second-order valence-electron chi connectivity index (χ2n) is 4.99. The van der Waals surface area contributed by atoms with Gasteiger partial charge in [0.25, 0.3) is 0 Å². The molecule has 0 fully saturated rings. The maximum absolute atomic E-state index is 13.5. The predicted octanol–water partition coefficient (Wildman–Crippen LogP) is 4.21. The van der Waals surface area contributed by atoms with Crippen LogP contribution in [-0.4, -0.2) is 18.9 Å². The van der Waals surface area contributed by atoms with E-state index in [-0.39, 0.29) is 22.9 Å². The van der Waals surface area contributed by atoms with Crippen molar-refractivity contribution in [3.05, 3.63) is 64.2 Å². The molecule has 9 heteroatoms. The van der Waals surface area contributed by atoms with Crippen LogP contribution in [0.5, 0.6) is 5.75 Å². The SMILES string of the molecule is COC(=O)NOc1cc(C(C)=NOCc2c(F)cccc2F)ccc1Cl. The second-order valence-corrected chi connectivity index (χ2v) is 5.40. The van der Waals surface area contributed by atoms with Crippen LogP contribution in [0.3, 0.4) is 0 Å². The van der Waals surface area contributed by atoms with Gasteiger partial charge in [0.05, 0.1) is 23.4 Å². The fraction of sp³-hybridized carbons (Fsp3) is 0.176. The Morgan fingerprint density at radius 3 is 2.58 bits per heavy atom. The predicted molar refractivity (Wildman–Crippen MR) is 91.0 cm³/mol. The number of amides is 1. The van der Waals surface area contributed by atoms with Gasteiger partial charge in [-0.15, -0.1) is 0 Å². The molecule has 0 aromatic heterocycles. The number of oxime groups is 1. The quantitative estimate of drug-likeness (QED) is 0.598. The highest BCUT2D eigenvalue weighted by atomic mass is 35.5. The van der Waals surface area contributed by atoms with Crippen molar-refractivity contribution in [1.29, 1.82) is 0 Å². The first-order valence-electron chi connectivity index (χ1n) is 7.32. The number of ether oxygens (including phenoxy) is 1. The van der Waals surface area contributed by atoms with Crippen LogP contribution in [-0.2, 0) is 16.2 Å². The Kier molecular flexibility index (Phi) is 6.74. The van der Waals surface area contributed by atoms with E-state index in [9.17, 15) is 13.6 Å². The summed E-state index contributed by atoms with van der Waals surface area (Å²) in [5.41, 5.74) is 2.78. The lowest BCUT2D eigenvalue weighted by Crippen LogP contribution is -2.26. The van der Waals surface area contributed by atoms with Crippen molar-refractivity contribution >= 4 is 23.4 Å². The Labute approximate surface area is 153 Å². The zero-order chi connectivity index (χ0) is 19.1. The minimum Gasteiger partial charge on any atom is -0.451 e. The number of hydrogen-bond acceptors (Lipinski definition) is 5. The number of carbonyl (C=O) groups excluding carboxylic acids is 1. The van der Waals surface area contributed by atoms with E-state index in [1.165, 1.54) is 25.3 Å². The van der Waals surface area contributed by atoms with Crippen molar-refractivity contribution < 1.29 is 28.0 Å². The number of hydroxylamine groups is 1. The molecule has 0 spiro atoms. The summed E-state index contributed by atoms with van der Waals surface area (Å²) >= 11 is 5.98. The highest BCUT2D eigenvalue weighted by Crippen LogP contribution is 2.25.